The summed E-state index contributed by atoms with van der Waals surface area (Å²) >= 11 is 0. The van der Waals surface area contributed by atoms with Crippen LogP contribution in [0.25, 0.3) is 0 Å². The maximum Gasteiger partial charge on any atom is 0.318 e. The number of carbonyl (C=O) groups is 2. The van der Waals surface area contributed by atoms with E-state index in [4.69, 9.17) is 11.5 Å². The number of benzene rings is 1. The summed E-state index contributed by atoms with van der Waals surface area (Å²) in [7, 11) is -1.55. The molecule has 0 saturated carbocycles. The SMILES string of the molecule is Cc1c(N)cccc1S(=O)CC(=O)NC(N)=O. The number of rotatable bonds is 3. The van der Waals surface area contributed by atoms with Crippen LogP contribution in [0.1, 0.15) is 5.56 Å². The molecule has 0 radical (unpaired) electrons. The van der Waals surface area contributed by atoms with Gasteiger partial charge in [-0.2, -0.15) is 0 Å². The molecule has 0 aliphatic heterocycles. The van der Waals surface area contributed by atoms with Crippen LogP contribution in [0.4, 0.5) is 10.5 Å². The molecule has 7 heteroatoms. The maximum absolute atomic E-state index is 11.9. The Hall–Kier alpha value is -1.89. The van der Waals surface area contributed by atoms with E-state index in [1.165, 1.54) is 0 Å². The minimum absolute atomic E-state index is 0.326. The Morgan fingerprint density at radius 2 is 2.06 bits per heavy atom. The quantitative estimate of drug-likeness (QED) is 0.653. The minimum Gasteiger partial charge on any atom is -0.398 e. The van der Waals surface area contributed by atoms with Crippen LogP contribution in [0.15, 0.2) is 23.1 Å². The van der Waals surface area contributed by atoms with Gasteiger partial charge in [0.15, 0.2) is 0 Å². The van der Waals surface area contributed by atoms with E-state index in [9.17, 15) is 13.8 Å². The van der Waals surface area contributed by atoms with E-state index in [0.717, 1.165) is 0 Å². The second kappa shape index (κ2) is 5.44. The molecule has 17 heavy (non-hydrogen) atoms. The zero-order valence-electron chi connectivity index (χ0n) is 9.23. The van der Waals surface area contributed by atoms with Gasteiger partial charge in [-0.3, -0.25) is 14.3 Å². The van der Waals surface area contributed by atoms with Crippen LogP contribution < -0.4 is 16.8 Å². The molecule has 0 spiro atoms. The van der Waals surface area contributed by atoms with Crippen molar-refractivity contribution in [3.63, 3.8) is 0 Å². The molecule has 3 amide bonds. The summed E-state index contributed by atoms with van der Waals surface area (Å²) in [5.41, 5.74) is 11.6. The molecular formula is C10H13N3O3S. The average Bonchev–Trinajstić information content (AvgIpc) is 2.20. The Bertz CT molecular complexity index is 488. The van der Waals surface area contributed by atoms with Crippen molar-refractivity contribution >= 4 is 28.4 Å². The highest BCUT2D eigenvalue weighted by Gasteiger charge is 2.14. The van der Waals surface area contributed by atoms with Crippen molar-refractivity contribution in [1.29, 1.82) is 0 Å². The fourth-order valence-electron chi connectivity index (χ4n) is 1.25. The molecule has 1 aromatic carbocycles. The highest BCUT2D eigenvalue weighted by molar-refractivity contribution is 7.85. The van der Waals surface area contributed by atoms with Gasteiger partial charge in [0.25, 0.3) is 0 Å². The first-order chi connectivity index (χ1) is 7.91. The van der Waals surface area contributed by atoms with E-state index in [1.807, 2.05) is 5.32 Å². The molecule has 92 valence electrons. The molecular weight excluding hydrogens is 242 g/mol. The summed E-state index contributed by atoms with van der Waals surface area (Å²) in [6.45, 7) is 1.72. The molecule has 1 rings (SSSR count). The summed E-state index contributed by atoms with van der Waals surface area (Å²) < 4.78 is 11.9. The van der Waals surface area contributed by atoms with Gasteiger partial charge in [0.05, 0.1) is 10.8 Å². The van der Waals surface area contributed by atoms with Gasteiger partial charge in [-0.25, -0.2) is 4.79 Å². The summed E-state index contributed by atoms with van der Waals surface area (Å²) in [5, 5.41) is 1.85. The molecule has 0 bridgehead atoms. The van der Waals surface area contributed by atoms with Gasteiger partial charge in [-0.1, -0.05) is 6.07 Å². The predicted molar refractivity (Wildman–Crippen MR) is 64.6 cm³/mol. The molecule has 0 fully saturated rings. The lowest BCUT2D eigenvalue weighted by Crippen LogP contribution is -2.37. The lowest BCUT2D eigenvalue weighted by Gasteiger charge is -2.07. The van der Waals surface area contributed by atoms with Gasteiger partial charge in [-0.05, 0) is 24.6 Å². The number of amides is 3. The fraction of sp³-hybridized carbons (Fsp3) is 0.200. The van der Waals surface area contributed by atoms with Crippen LogP contribution in [-0.2, 0) is 15.6 Å². The molecule has 1 atom stereocenters. The van der Waals surface area contributed by atoms with E-state index in [2.05, 4.69) is 0 Å². The Morgan fingerprint density at radius 1 is 1.41 bits per heavy atom. The number of anilines is 1. The van der Waals surface area contributed by atoms with Crippen LogP contribution in [0.5, 0.6) is 0 Å². The predicted octanol–water partition coefficient (Wildman–Crippen LogP) is -0.120. The Morgan fingerprint density at radius 3 is 2.65 bits per heavy atom. The van der Waals surface area contributed by atoms with Crippen molar-refractivity contribution in [3.05, 3.63) is 23.8 Å². The molecule has 0 aliphatic rings. The monoisotopic (exact) mass is 255 g/mol. The molecule has 1 unspecified atom stereocenters. The zero-order chi connectivity index (χ0) is 13.0. The first-order valence-corrected chi connectivity index (χ1v) is 6.06. The first-order valence-electron chi connectivity index (χ1n) is 4.74. The van der Waals surface area contributed by atoms with Crippen LogP contribution in [0.2, 0.25) is 0 Å². The largest absolute Gasteiger partial charge is 0.398 e. The van der Waals surface area contributed by atoms with Crippen LogP contribution >= 0.6 is 0 Å². The number of imide groups is 1. The third kappa shape index (κ3) is 3.56. The van der Waals surface area contributed by atoms with Crippen LogP contribution in [0, 0.1) is 6.92 Å². The zero-order valence-corrected chi connectivity index (χ0v) is 10.0. The van der Waals surface area contributed by atoms with Crippen molar-refractivity contribution < 1.29 is 13.8 Å². The van der Waals surface area contributed by atoms with Gasteiger partial charge >= 0.3 is 6.03 Å². The van der Waals surface area contributed by atoms with Gasteiger partial charge < -0.3 is 11.5 Å². The van der Waals surface area contributed by atoms with Gasteiger partial charge in [-0.15, -0.1) is 0 Å². The van der Waals surface area contributed by atoms with E-state index >= 15 is 0 Å². The Balaban J connectivity index is 2.80. The third-order valence-corrected chi connectivity index (χ3v) is 3.55. The number of nitrogens with two attached hydrogens (primary N) is 2. The minimum atomic E-state index is -1.55. The van der Waals surface area contributed by atoms with Gasteiger partial charge in [0.1, 0.15) is 5.75 Å². The summed E-state index contributed by atoms with van der Waals surface area (Å²) in [5.74, 6) is -1.01. The second-order valence-corrected chi connectivity index (χ2v) is 4.79. The number of hydrogen-bond acceptors (Lipinski definition) is 4. The standard InChI is InChI=1S/C10H13N3O3S/c1-6-7(11)3-2-4-8(6)17(16)5-9(14)13-10(12)15/h2-4H,5,11H2,1H3,(H3,12,13,14,15). The molecule has 6 nitrogen and oxygen atoms in total. The molecule has 0 aromatic heterocycles. The topological polar surface area (TPSA) is 115 Å². The highest BCUT2D eigenvalue weighted by Crippen LogP contribution is 2.18. The summed E-state index contributed by atoms with van der Waals surface area (Å²) in [6, 6.07) is 4.00. The molecule has 0 saturated heterocycles. The van der Waals surface area contributed by atoms with Gasteiger partial charge in [0, 0.05) is 10.6 Å². The van der Waals surface area contributed by atoms with Crippen molar-refractivity contribution in [3.8, 4) is 0 Å². The maximum atomic E-state index is 11.9. The van der Waals surface area contributed by atoms with Crippen molar-refractivity contribution in [2.75, 3.05) is 11.5 Å². The number of hydrogen-bond donors (Lipinski definition) is 3. The number of nitrogen functional groups attached to an aromatic ring is 1. The van der Waals surface area contributed by atoms with Crippen LogP contribution in [0.3, 0.4) is 0 Å². The van der Waals surface area contributed by atoms with Gasteiger partial charge in [0.2, 0.25) is 5.91 Å². The van der Waals surface area contributed by atoms with E-state index < -0.39 is 22.7 Å². The van der Waals surface area contributed by atoms with Crippen molar-refractivity contribution in [2.24, 2.45) is 5.73 Å². The molecule has 5 N–H and O–H groups in total. The smallest absolute Gasteiger partial charge is 0.318 e. The summed E-state index contributed by atoms with van der Waals surface area (Å²) in [6.07, 6.45) is 0. The second-order valence-electron chi connectivity index (χ2n) is 3.37. The highest BCUT2D eigenvalue weighted by atomic mass is 32.2. The lowest BCUT2D eigenvalue weighted by atomic mass is 10.2. The first kappa shape index (κ1) is 13.2. The molecule has 0 heterocycles. The lowest BCUT2D eigenvalue weighted by molar-refractivity contribution is -0.117. The Kier molecular flexibility index (Phi) is 4.22. The number of primary amides is 1. The average molecular weight is 255 g/mol. The van der Waals surface area contributed by atoms with E-state index in [0.29, 0.717) is 16.1 Å². The molecule has 0 aliphatic carbocycles. The van der Waals surface area contributed by atoms with E-state index in [1.54, 1.807) is 25.1 Å². The Labute approximate surface area is 101 Å². The van der Waals surface area contributed by atoms with Crippen molar-refractivity contribution in [1.82, 2.24) is 5.32 Å². The molecule has 1 aromatic rings. The number of nitrogens with one attached hydrogen (secondary N) is 1. The normalized spacial score (nSPS) is 11.8. The third-order valence-electron chi connectivity index (χ3n) is 2.10. The summed E-state index contributed by atoms with van der Waals surface area (Å²) in [4.78, 5) is 22.1. The number of urea groups is 1. The van der Waals surface area contributed by atoms with Crippen molar-refractivity contribution in [2.45, 2.75) is 11.8 Å². The van der Waals surface area contributed by atoms with E-state index in [-0.39, 0.29) is 5.75 Å². The fourth-order valence-corrected chi connectivity index (χ4v) is 2.40. The van der Waals surface area contributed by atoms with Crippen LogP contribution in [-0.4, -0.2) is 21.9 Å². The number of carbonyl (C=O) groups excluding carboxylic acids is 2.